The minimum Gasteiger partial charge on any atom is -0.494 e. The number of nitrogens with two attached hydrogens (primary N) is 1. The Morgan fingerprint density at radius 3 is 2.23 bits per heavy atom. The van der Waals surface area contributed by atoms with Crippen molar-refractivity contribution in [2.24, 2.45) is 5.73 Å². The number of primary amides is 1. The van der Waals surface area contributed by atoms with E-state index in [1.54, 1.807) is 12.1 Å². The molecule has 1 fully saturated rings. The lowest BCUT2D eigenvalue weighted by Gasteiger charge is -2.33. The third-order valence-corrected chi connectivity index (χ3v) is 8.66. The van der Waals surface area contributed by atoms with Crippen molar-refractivity contribution in [3.8, 4) is 5.75 Å². The summed E-state index contributed by atoms with van der Waals surface area (Å²) in [6.07, 6.45) is 1.76. The summed E-state index contributed by atoms with van der Waals surface area (Å²) in [4.78, 5) is 26.2. The number of carbonyl (C=O) groups is 2. The average molecular weight is 504 g/mol. The molecule has 190 valence electrons. The first kappa shape index (κ1) is 26.5. The molecule has 0 bridgehead atoms. The third kappa shape index (κ3) is 6.32. The molecule has 0 radical (unpaired) electrons. The van der Waals surface area contributed by atoms with Crippen molar-refractivity contribution in [3.05, 3.63) is 48.5 Å². The van der Waals surface area contributed by atoms with Crippen LogP contribution in [-0.2, 0) is 24.2 Å². The van der Waals surface area contributed by atoms with Gasteiger partial charge in [-0.1, -0.05) is 0 Å². The van der Waals surface area contributed by atoms with Crippen LogP contribution in [0.25, 0.3) is 0 Å². The van der Waals surface area contributed by atoms with E-state index in [0.717, 1.165) is 11.4 Å². The number of ether oxygens (including phenoxy) is 2. The number of nitrogens with one attached hydrogen (secondary N) is 1. The van der Waals surface area contributed by atoms with E-state index in [9.17, 15) is 18.0 Å². The van der Waals surface area contributed by atoms with Gasteiger partial charge in [-0.3, -0.25) is 9.59 Å². The maximum absolute atomic E-state index is 13.2. The van der Waals surface area contributed by atoms with Gasteiger partial charge in [0.25, 0.3) is 0 Å². The first-order chi connectivity index (χ1) is 16.7. The van der Waals surface area contributed by atoms with Crippen LogP contribution in [0.5, 0.6) is 5.75 Å². The zero-order chi connectivity index (χ0) is 25.5. The van der Waals surface area contributed by atoms with E-state index in [0.29, 0.717) is 31.6 Å². The highest BCUT2D eigenvalue weighted by Crippen LogP contribution is 2.35. The van der Waals surface area contributed by atoms with Crippen LogP contribution in [0.3, 0.4) is 0 Å². The van der Waals surface area contributed by atoms with Crippen molar-refractivity contribution in [2.75, 3.05) is 44.1 Å². The summed E-state index contributed by atoms with van der Waals surface area (Å²) in [6.45, 7) is 0.730. The standard InChI is InChI=1S/C25H33N3O6S/c1-28(2)20-8-6-19(7-9-20)27-23(29)5-3-4-16-34-21-10-12-22(13-11-21)35(31,32)25(24(26)30)14-17-33-18-15-25/h6-13H,3-5,14-18H2,1-2H3,(H2,26,30)(H,27,29). The van der Waals surface area contributed by atoms with Crippen molar-refractivity contribution >= 4 is 33.0 Å². The van der Waals surface area contributed by atoms with Crippen LogP contribution in [0, 0.1) is 0 Å². The fourth-order valence-electron chi connectivity index (χ4n) is 3.93. The van der Waals surface area contributed by atoms with Crippen molar-refractivity contribution in [3.63, 3.8) is 0 Å². The van der Waals surface area contributed by atoms with Crippen LogP contribution in [0.15, 0.2) is 53.4 Å². The molecule has 0 saturated carbocycles. The van der Waals surface area contributed by atoms with Gasteiger partial charge >= 0.3 is 0 Å². The Kier molecular flexibility index (Phi) is 8.74. The first-order valence-corrected chi connectivity index (χ1v) is 13.1. The van der Waals surface area contributed by atoms with Crippen LogP contribution in [-0.4, -0.2) is 58.9 Å². The van der Waals surface area contributed by atoms with Crippen molar-refractivity contribution in [2.45, 2.75) is 41.7 Å². The molecule has 10 heteroatoms. The highest BCUT2D eigenvalue weighted by Gasteiger charge is 2.51. The molecule has 1 aliphatic heterocycles. The van der Waals surface area contributed by atoms with Gasteiger partial charge in [0.2, 0.25) is 11.8 Å². The molecule has 2 aromatic rings. The van der Waals surface area contributed by atoms with Gasteiger partial charge in [0.15, 0.2) is 14.6 Å². The van der Waals surface area contributed by atoms with Crippen molar-refractivity contribution < 1.29 is 27.5 Å². The molecule has 2 amide bonds. The Morgan fingerprint density at radius 2 is 1.66 bits per heavy atom. The second-order valence-electron chi connectivity index (χ2n) is 8.74. The van der Waals surface area contributed by atoms with E-state index in [1.165, 1.54) is 12.1 Å². The van der Waals surface area contributed by atoms with Gasteiger partial charge < -0.3 is 25.4 Å². The van der Waals surface area contributed by atoms with E-state index in [1.807, 2.05) is 43.3 Å². The Bertz CT molecular complexity index is 1110. The fraction of sp³-hybridized carbons (Fsp3) is 0.440. The molecule has 0 unspecified atom stereocenters. The van der Waals surface area contributed by atoms with Crippen LogP contribution in [0.1, 0.15) is 32.1 Å². The Morgan fingerprint density at radius 1 is 1.03 bits per heavy atom. The van der Waals surface area contributed by atoms with Crippen LogP contribution >= 0.6 is 0 Å². The zero-order valence-corrected chi connectivity index (χ0v) is 21.0. The summed E-state index contributed by atoms with van der Waals surface area (Å²) in [5.41, 5.74) is 7.31. The quantitative estimate of drug-likeness (QED) is 0.451. The third-order valence-electron chi connectivity index (χ3n) is 6.13. The minimum absolute atomic E-state index is 0.0286. The fourth-order valence-corrected chi connectivity index (χ4v) is 5.85. The highest BCUT2D eigenvalue weighted by molar-refractivity contribution is 7.93. The maximum Gasteiger partial charge on any atom is 0.239 e. The molecule has 9 nitrogen and oxygen atoms in total. The smallest absolute Gasteiger partial charge is 0.239 e. The minimum atomic E-state index is -3.97. The molecular weight excluding hydrogens is 470 g/mol. The lowest BCUT2D eigenvalue weighted by atomic mass is 9.98. The van der Waals surface area contributed by atoms with Crippen LogP contribution in [0.4, 0.5) is 11.4 Å². The molecule has 2 aromatic carbocycles. The van der Waals surface area contributed by atoms with E-state index in [2.05, 4.69) is 5.32 Å². The first-order valence-electron chi connectivity index (χ1n) is 11.6. The van der Waals surface area contributed by atoms with Gasteiger partial charge in [0, 0.05) is 45.1 Å². The predicted octanol–water partition coefficient (Wildman–Crippen LogP) is 2.75. The van der Waals surface area contributed by atoms with Crippen molar-refractivity contribution in [1.82, 2.24) is 0 Å². The van der Waals surface area contributed by atoms with E-state index in [4.69, 9.17) is 15.2 Å². The zero-order valence-electron chi connectivity index (χ0n) is 20.2. The number of nitrogens with zero attached hydrogens (tertiary/aromatic N) is 1. The molecule has 0 spiro atoms. The van der Waals surface area contributed by atoms with Gasteiger partial charge in [0.05, 0.1) is 11.5 Å². The number of unbranched alkanes of at least 4 members (excludes halogenated alkanes) is 1. The number of sulfone groups is 1. The summed E-state index contributed by atoms with van der Waals surface area (Å²) in [7, 11) is -0.0545. The molecule has 3 rings (SSSR count). The van der Waals surface area contributed by atoms with E-state index in [-0.39, 0.29) is 36.9 Å². The monoisotopic (exact) mass is 503 g/mol. The Labute approximate surface area is 206 Å². The number of amides is 2. The summed E-state index contributed by atoms with van der Waals surface area (Å²) >= 11 is 0. The molecular formula is C25H33N3O6S. The normalized spacial score (nSPS) is 15.3. The highest BCUT2D eigenvalue weighted by atomic mass is 32.2. The summed E-state index contributed by atoms with van der Waals surface area (Å²) in [5, 5.41) is 2.88. The molecule has 0 atom stereocenters. The largest absolute Gasteiger partial charge is 0.494 e. The topological polar surface area (TPSA) is 128 Å². The lowest BCUT2D eigenvalue weighted by molar-refractivity contribution is -0.123. The second kappa shape index (κ2) is 11.5. The lowest BCUT2D eigenvalue weighted by Crippen LogP contribution is -2.53. The van der Waals surface area contributed by atoms with E-state index < -0.39 is 20.5 Å². The van der Waals surface area contributed by atoms with Crippen LogP contribution < -0.4 is 20.7 Å². The van der Waals surface area contributed by atoms with Gasteiger partial charge in [-0.05, 0) is 74.2 Å². The summed E-state index contributed by atoms with van der Waals surface area (Å²) < 4.78 is 35.6. The Balaban J connectivity index is 1.45. The molecule has 0 aliphatic carbocycles. The number of anilines is 2. The predicted molar refractivity (Wildman–Crippen MR) is 134 cm³/mol. The summed E-state index contributed by atoms with van der Waals surface area (Å²) in [6, 6.07) is 13.6. The summed E-state index contributed by atoms with van der Waals surface area (Å²) in [5.74, 6) is -0.404. The second-order valence-corrected chi connectivity index (χ2v) is 11.0. The number of hydrogen-bond acceptors (Lipinski definition) is 7. The number of hydrogen-bond donors (Lipinski definition) is 2. The van der Waals surface area contributed by atoms with Crippen molar-refractivity contribution in [1.29, 1.82) is 0 Å². The van der Waals surface area contributed by atoms with Crippen LogP contribution in [0.2, 0.25) is 0 Å². The maximum atomic E-state index is 13.2. The van der Waals surface area contributed by atoms with Gasteiger partial charge in [-0.25, -0.2) is 8.42 Å². The molecule has 3 N–H and O–H groups in total. The SMILES string of the molecule is CN(C)c1ccc(NC(=O)CCCCOc2ccc(S(=O)(=O)C3(C(N)=O)CCOCC3)cc2)cc1. The van der Waals surface area contributed by atoms with Gasteiger partial charge in [0.1, 0.15) is 5.75 Å². The number of benzene rings is 2. The van der Waals surface area contributed by atoms with Gasteiger partial charge in [-0.2, -0.15) is 0 Å². The molecule has 35 heavy (non-hydrogen) atoms. The molecule has 1 saturated heterocycles. The number of rotatable bonds is 11. The Hall–Kier alpha value is -3.11. The average Bonchev–Trinajstić information content (AvgIpc) is 2.84. The number of carbonyl (C=O) groups excluding carboxylic acids is 2. The molecule has 0 aromatic heterocycles. The molecule has 1 aliphatic rings. The van der Waals surface area contributed by atoms with E-state index >= 15 is 0 Å². The molecule has 1 heterocycles. The van der Waals surface area contributed by atoms with Gasteiger partial charge in [-0.15, -0.1) is 0 Å².